The molecule has 0 spiro atoms. The lowest BCUT2D eigenvalue weighted by molar-refractivity contribution is 0.102. The van der Waals surface area contributed by atoms with Gasteiger partial charge in [0.1, 0.15) is 23.5 Å². The smallest absolute Gasteiger partial charge is 0.275 e. The number of hydrogen-bond acceptors (Lipinski definition) is 7. The van der Waals surface area contributed by atoms with Crippen LogP contribution in [0.5, 0.6) is 0 Å². The Bertz CT molecular complexity index is 1480. The first kappa shape index (κ1) is 23.3. The minimum absolute atomic E-state index is 0.182. The van der Waals surface area contributed by atoms with Gasteiger partial charge in [-0.15, -0.1) is 10.2 Å². The largest absolute Gasteiger partial charge is 0.375 e. The number of anilines is 1. The van der Waals surface area contributed by atoms with Crippen molar-refractivity contribution < 1.29 is 9.53 Å². The summed E-state index contributed by atoms with van der Waals surface area (Å²) in [5.41, 5.74) is 3.53. The topological polar surface area (TPSA) is 113 Å². The number of carbonyl (C=O) groups excluding carboxylic acids is 1. The van der Waals surface area contributed by atoms with E-state index in [4.69, 9.17) is 4.74 Å². The number of ether oxygens (including phenoxy) is 1. The number of aromatic nitrogens is 7. The zero-order valence-electron chi connectivity index (χ0n) is 20.1. The minimum Gasteiger partial charge on any atom is -0.375 e. The van der Waals surface area contributed by atoms with Gasteiger partial charge in [-0.2, -0.15) is 0 Å². The van der Waals surface area contributed by atoms with Crippen LogP contribution in [0.2, 0.25) is 0 Å². The van der Waals surface area contributed by atoms with Crippen molar-refractivity contribution in [3.63, 3.8) is 0 Å². The van der Waals surface area contributed by atoms with Gasteiger partial charge >= 0.3 is 0 Å². The number of nitrogens with one attached hydrogen (secondary N) is 1. The van der Waals surface area contributed by atoms with Gasteiger partial charge in [0.2, 0.25) is 0 Å². The Kier molecular flexibility index (Phi) is 6.76. The van der Waals surface area contributed by atoms with Crippen LogP contribution in [0.1, 0.15) is 35.9 Å². The molecule has 182 valence electrons. The molecule has 0 saturated carbocycles. The fourth-order valence-electron chi connectivity index (χ4n) is 3.80. The second kappa shape index (κ2) is 10.4. The summed E-state index contributed by atoms with van der Waals surface area (Å²) in [5, 5.41) is 11.0. The van der Waals surface area contributed by atoms with Crippen molar-refractivity contribution in [1.29, 1.82) is 0 Å². The van der Waals surface area contributed by atoms with Crippen LogP contribution in [-0.4, -0.2) is 46.8 Å². The molecule has 0 radical (unpaired) electrons. The Balaban J connectivity index is 1.24. The van der Waals surface area contributed by atoms with Gasteiger partial charge < -0.3 is 19.2 Å². The molecule has 0 aliphatic carbocycles. The van der Waals surface area contributed by atoms with Gasteiger partial charge in [0.05, 0.1) is 36.8 Å². The van der Waals surface area contributed by atoms with E-state index in [2.05, 4.69) is 30.5 Å². The zero-order chi connectivity index (χ0) is 24.9. The third kappa shape index (κ3) is 5.13. The number of nitrogens with zero attached hydrogens (tertiary/aromatic N) is 7. The lowest BCUT2D eigenvalue weighted by atomic mass is 10.2. The zero-order valence-corrected chi connectivity index (χ0v) is 20.1. The van der Waals surface area contributed by atoms with E-state index in [0.29, 0.717) is 42.6 Å². The highest BCUT2D eigenvalue weighted by Gasteiger charge is 2.15. The van der Waals surface area contributed by atoms with Crippen molar-refractivity contribution in [2.75, 3.05) is 11.9 Å². The molecule has 4 aromatic heterocycles. The third-order valence-corrected chi connectivity index (χ3v) is 5.68. The first-order chi connectivity index (χ1) is 17.6. The minimum atomic E-state index is -0.368. The Morgan fingerprint density at radius 3 is 2.75 bits per heavy atom. The van der Waals surface area contributed by atoms with Crippen molar-refractivity contribution in [2.45, 2.75) is 33.0 Å². The molecule has 0 fully saturated rings. The van der Waals surface area contributed by atoms with E-state index in [1.165, 1.54) is 0 Å². The van der Waals surface area contributed by atoms with Gasteiger partial charge in [0.15, 0.2) is 5.82 Å². The van der Waals surface area contributed by atoms with Crippen molar-refractivity contribution >= 4 is 22.8 Å². The van der Waals surface area contributed by atoms with E-state index in [1.54, 1.807) is 31.0 Å². The summed E-state index contributed by atoms with van der Waals surface area (Å²) in [4.78, 5) is 26.2. The summed E-state index contributed by atoms with van der Waals surface area (Å²) in [7, 11) is 0. The van der Waals surface area contributed by atoms with Crippen molar-refractivity contribution in [1.82, 2.24) is 34.3 Å². The molecule has 4 heterocycles. The van der Waals surface area contributed by atoms with Gasteiger partial charge in [0.25, 0.3) is 5.91 Å². The average molecular weight is 483 g/mol. The highest BCUT2D eigenvalue weighted by atomic mass is 16.5. The molecule has 0 saturated heterocycles. The monoisotopic (exact) mass is 482 g/mol. The normalized spacial score (nSPS) is 11.3. The Morgan fingerprint density at radius 2 is 1.92 bits per heavy atom. The van der Waals surface area contributed by atoms with Gasteiger partial charge in [-0.3, -0.25) is 4.79 Å². The lowest BCUT2D eigenvalue weighted by Crippen LogP contribution is -2.15. The summed E-state index contributed by atoms with van der Waals surface area (Å²) in [6, 6.07) is 17.3. The number of imidazole rings is 1. The predicted octanol–water partition coefficient (Wildman–Crippen LogP) is 4.13. The summed E-state index contributed by atoms with van der Waals surface area (Å²) in [6.45, 7) is 5.81. The van der Waals surface area contributed by atoms with Gasteiger partial charge in [-0.05, 0) is 37.6 Å². The molecule has 0 atom stereocenters. The van der Waals surface area contributed by atoms with Crippen LogP contribution in [0, 0.1) is 0 Å². The quantitative estimate of drug-likeness (QED) is 0.314. The first-order valence-electron chi connectivity index (χ1n) is 11.7. The van der Waals surface area contributed by atoms with Crippen LogP contribution in [0.4, 0.5) is 5.82 Å². The lowest BCUT2D eigenvalue weighted by Gasteiger charge is -2.10. The number of carbonyl (C=O) groups is 1. The molecule has 0 bridgehead atoms. The highest BCUT2D eigenvalue weighted by Crippen LogP contribution is 2.20. The van der Waals surface area contributed by atoms with E-state index < -0.39 is 0 Å². The molecular weight excluding hydrogens is 456 g/mol. The Hall–Kier alpha value is -4.44. The van der Waals surface area contributed by atoms with E-state index in [-0.39, 0.29) is 17.6 Å². The summed E-state index contributed by atoms with van der Waals surface area (Å²) in [6.07, 6.45) is 5.06. The van der Waals surface area contributed by atoms with Crippen LogP contribution < -0.4 is 5.32 Å². The second-order valence-corrected chi connectivity index (χ2v) is 8.55. The second-order valence-electron chi connectivity index (χ2n) is 8.55. The fourth-order valence-corrected chi connectivity index (χ4v) is 3.80. The fraction of sp³-hybridized carbons (Fsp3) is 0.231. The van der Waals surface area contributed by atoms with Gasteiger partial charge in [0, 0.05) is 12.6 Å². The molecule has 0 unspecified atom stereocenters. The van der Waals surface area contributed by atoms with Crippen LogP contribution in [0.3, 0.4) is 0 Å². The predicted molar refractivity (Wildman–Crippen MR) is 135 cm³/mol. The molecule has 10 nitrogen and oxygen atoms in total. The molecule has 1 aromatic carbocycles. The Labute approximate surface area is 208 Å². The summed E-state index contributed by atoms with van der Waals surface area (Å²) >= 11 is 0. The molecule has 10 heteroatoms. The van der Waals surface area contributed by atoms with E-state index in [0.717, 1.165) is 11.1 Å². The molecule has 36 heavy (non-hydrogen) atoms. The summed E-state index contributed by atoms with van der Waals surface area (Å²) < 4.78 is 9.66. The van der Waals surface area contributed by atoms with E-state index >= 15 is 0 Å². The number of benzene rings is 1. The highest BCUT2D eigenvalue weighted by molar-refractivity contribution is 6.03. The van der Waals surface area contributed by atoms with Crippen LogP contribution in [-0.2, 0) is 17.9 Å². The maximum Gasteiger partial charge on any atom is 0.275 e. The van der Waals surface area contributed by atoms with Crippen LogP contribution in [0.15, 0.2) is 73.4 Å². The number of hydrogen-bond donors (Lipinski definition) is 1. The van der Waals surface area contributed by atoms with E-state index in [9.17, 15) is 4.79 Å². The van der Waals surface area contributed by atoms with Gasteiger partial charge in [-0.1, -0.05) is 36.4 Å². The maximum atomic E-state index is 12.9. The standard InChI is InChI=1S/C26H26N8O2/c1-18(2)34-17-29-32-25(34)20-9-6-10-24(30-20)31-26(35)22-13-21-23(14-27-22)33(16-28-21)11-12-36-15-19-7-4-3-5-8-19/h3-10,13-14,16-18H,11-12,15H2,1-2H3,(H,30,31,35). The first-order valence-corrected chi connectivity index (χ1v) is 11.7. The summed E-state index contributed by atoms with van der Waals surface area (Å²) in [5.74, 6) is 0.672. The molecule has 1 N–H and O–H groups in total. The molecule has 1 amide bonds. The number of pyridine rings is 2. The maximum absolute atomic E-state index is 12.9. The van der Waals surface area contributed by atoms with Crippen LogP contribution in [0.25, 0.3) is 22.6 Å². The third-order valence-electron chi connectivity index (χ3n) is 5.68. The van der Waals surface area contributed by atoms with Crippen molar-refractivity contribution in [2.24, 2.45) is 0 Å². The SMILES string of the molecule is CC(C)n1cnnc1-c1cccc(NC(=O)c2cc3ncn(CCOCc4ccccc4)c3cn2)n1. The van der Waals surface area contributed by atoms with Crippen LogP contribution >= 0.6 is 0 Å². The number of amides is 1. The molecule has 5 aromatic rings. The molecule has 0 aliphatic heterocycles. The van der Waals surface area contributed by atoms with Crippen molar-refractivity contribution in [3.8, 4) is 11.5 Å². The molecular formula is C26H26N8O2. The van der Waals surface area contributed by atoms with E-state index in [1.807, 2.05) is 65.4 Å². The van der Waals surface area contributed by atoms with Gasteiger partial charge in [-0.25, -0.2) is 15.0 Å². The number of rotatable bonds is 9. The Morgan fingerprint density at radius 1 is 1.06 bits per heavy atom. The average Bonchev–Trinajstić information content (AvgIpc) is 3.55. The number of fused-ring (bicyclic) bond motifs is 1. The molecule has 0 aliphatic rings. The molecule has 5 rings (SSSR count). The van der Waals surface area contributed by atoms with Crippen molar-refractivity contribution in [3.05, 3.63) is 84.7 Å².